The molecule has 6 heteroatoms. The number of halogens is 4. The lowest BCUT2D eigenvalue weighted by Gasteiger charge is -2.23. The fourth-order valence-electron chi connectivity index (χ4n) is 1.05. The van der Waals surface area contributed by atoms with Gasteiger partial charge in [-0.05, 0) is 7.05 Å². The van der Waals surface area contributed by atoms with E-state index in [0.717, 1.165) is 0 Å². The smallest absolute Gasteiger partial charge is 0.313 e. The van der Waals surface area contributed by atoms with Gasteiger partial charge in [0.2, 0.25) is 0 Å². The Labute approximate surface area is 87.6 Å². The molecule has 0 atom stereocenters. The van der Waals surface area contributed by atoms with Crippen LogP contribution in [0.3, 0.4) is 0 Å². The molecule has 0 rings (SSSR count). The van der Waals surface area contributed by atoms with Crippen LogP contribution in [0, 0.1) is 0 Å². The van der Waals surface area contributed by atoms with Gasteiger partial charge in [0, 0.05) is 19.1 Å². The van der Waals surface area contributed by atoms with E-state index in [-0.39, 0.29) is 6.04 Å². The van der Waals surface area contributed by atoms with Crippen molar-refractivity contribution < 1.29 is 17.6 Å². The largest absolute Gasteiger partial charge is 0.319 e. The van der Waals surface area contributed by atoms with Gasteiger partial charge in [-0.15, -0.1) is 0 Å². The molecule has 0 amide bonds. The van der Waals surface area contributed by atoms with Crippen molar-refractivity contribution in [1.29, 1.82) is 0 Å². The highest BCUT2D eigenvalue weighted by atomic mass is 19.3. The average Bonchev–Trinajstić information content (AvgIpc) is 2.01. The van der Waals surface area contributed by atoms with Gasteiger partial charge < -0.3 is 5.32 Å². The molecule has 0 aromatic heterocycles. The van der Waals surface area contributed by atoms with Crippen LogP contribution >= 0.6 is 0 Å². The summed E-state index contributed by atoms with van der Waals surface area (Å²) >= 11 is 0. The summed E-state index contributed by atoms with van der Waals surface area (Å²) < 4.78 is 48.8. The molecule has 0 spiro atoms. The first kappa shape index (κ1) is 14.6. The van der Waals surface area contributed by atoms with Crippen LogP contribution in [0.1, 0.15) is 13.8 Å². The molecule has 0 bridgehead atoms. The molecule has 0 heterocycles. The van der Waals surface area contributed by atoms with Crippen LogP contribution in [0.4, 0.5) is 17.6 Å². The summed E-state index contributed by atoms with van der Waals surface area (Å²) in [4.78, 5) is 1.20. The molecule has 15 heavy (non-hydrogen) atoms. The minimum atomic E-state index is -3.92. The van der Waals surface area contributed by atoms with E-state index in [1.54, 1.807) is 0 Å². The van der Waals surface area contributed by atoms with Gasteiger partial charge in [0.15, 0.2) is 0 Å². The molecule has 92 valence electrons. The molecule has 0 saturated carbocycles. The van der Waals surface area contributed by atoms with E-state index >= 15 is 0 Å². The van der Waals surface area contributed by atoms with Crippen molar-refractivity contribution >= 4 is 0 Å². The number of hydrogen-bond acceptors (Lipinski definition) is 2. The summed E-state index contributed by atoms with van der Waals surface area (Å²) in [5.41, 5.74) is 0. The van der Waals surface area contributed by atoms with Crippen molar-refractivity contribution in [3.63, 3.8) is 0 Å². The molecule has 0 saturated heterocycles. The van der Waals surface area contributed by atoms with E-state index in [4.69, 9.17) is 0 Å². The zero-order valence-electron chi connectivity index (χ0n) is 9.24. The highest BCUT2D eigenvalue weighted by Gasteiger charge is 2.41. The van der Waals surface area contributed by atoms with Crippen LogP contribution in [0.25, 0.3) is 0 Å². The zero-order chi connectivity index (χ0) is 12.1. The van der Waals surface area contributed by atoms with Crippen LogP contribution in [-0.4, -0.2) is 50.0 Å². The predicted octanol–water partition coefficient (Wildman–Crippen LogP) is 1.82. The maximum Gasteiger partial charge on any atom is 0.319 e. The lowest BCUT2D eigenvalue weighted by atomic mass is 10.3. The van der Waals surface area contributed by atoms with Crippen molar-refractivity contribution in [2.45, 2.75) is 32.2 Å². The summed E-state index contributed by atoms with van der Waals surface area (Å²) in [6, 6.07) is 0.258. The molecular weight excluding hydrogens is 212 g/mol. The predicted molar refractivity (Wildman–Crippen MR) is 51.6 cm³/mol. The minimum Gasteiger partial charge on any atom is -0.313 e. The van der Waals surface area contributed by atoms with Crippen LogP contribution in [0.5, 0.6) is 0 Å². The SMILES string of the molecule is CC(C)NCCN(C)CC(F)(F)C(F)F. The molecule has 0 radical (unpaired) electrons. The van der Waals surface area contributed by atoms with Crippen LogP contribution in [0.2, 0.25) is 0 Å². The van der Waals surface area contributed by atoms with E-state index in [1.165, 1.54) is 11.9 Å². The average molecular weight is 230 g/mol. The van der Waals surface area contributed by atoms with E-state index in [9.17, 15) is 17.6 Å². The van der Waals surface area contributed by atoms with Crippen molar-refractivity contribution in [2.24, 2.45) is 0 Å². The standard InChI is InChI=1S/C9H18F4N2/c1-7(2)14-4-5-15(3)6-9(12,13)8(10)11/h7-8,14H,4-6H2,1-3H3. The number of alkyl halides is 4. The molecule has 0 aliphatic heterocycles. The third kappa shape index (κ3) is 6.67. The number of rotatable bonds is 7. The molecular formula is C9H18F4N2. The molecule has 2 nitrogen and oxygen atoms in total. The minimum absolute atomic E-state index is 0.258. The number of nitrogens with zero attached hydrogens (tertiary/aromatic N) is 1. The Hall–Kier alpha value is -0.360. The Morgan fingerprint density at radius 3 is 2.20 bits per heavy atom. The summed E-state index contributed by atoms with van der Waals surface area (Å²) in [5, 5.41) is 3.02. The number of hydrogen-bond donors (Lipinski definition) is 1. The summed E-state index contributed by atoms with van der Waals surface area (Å²) in [5.74, 6) is -3.92. The molecule has 1 N–H and O–H groups in total. The zero-order valence-corrected chi connectivity index (χ0v) is 9.24. The second-order valence-corrected chi connectivity index (χ2v) is 3.91. The third-order valence-corrected chi connectivity index (χ3v) is 1.85. The maximum atomic E-state index is 12.6. The summed E-state index contributed by atoms with van der Waals surface area (Å²) in [7, 11) is 1.40. The number of likely N-dealkylation sites (N-methyl/N-ethyl adjacent to an activating group) is 1. The first-order chi connectivity index (χ1) is 6.75. The lowest BCUT2D eigenvalue weighted by Crippen LogP contribution is -2.42. The maximum absolute atomic E-state index is 12.6. The topological polar surface area (TPSA) is 15.3 Å². The first-order valence-electron chi connectivity index (χ1n) is 4.83. The van der Waals surface area contributed by atoms with Gasteiger partial charge in [0.1, 0.15) is 0 Å². The van der Waals surface area contributed by atoms with Gasteiger partial charge >= 0.3 is 12.3 Å². The molecule has 0 aromatic rings. The highest BCUT2D eigenvalue weighted by molar-refractivity contribution is 4.73. The molecule has 0 unspecified atom stereocenters. The number of nitrogens with one attached hydrogen (secondary N) is 1. The Morgan fingerprint density at radius 2 is 1.80 bits per heavy atom. The van der Waals surface area contributed by atoms with Crippen molar-refractivity contribution in [1.82, 2.24) is 10.2 Å². The monoisotopic (exact) mass is 230 g/mol. The molecule has 0 aliphatic rings. The van der Waals surface area contributed by atoms with E-state index in [2.05, 4.69) is 5.32 Å². The quantitative estimate of drug-likeness (QED) is 0.671. The first-order valence-corrected chi connectivity index (χ1v) is 4.83. The lowest BCUT2D eigenvalue weighted by molar-refractivity contribution is -0.139. The van der Waals surface area contributed by atoms with E-state index < -0.39 is 18.9 Å². The second-order valence-electron chi connectivity index (χ2n) is 3.91. The molecule has 0 aromatic carbocycles. The van der Waals surface area contributed by atoms with Gasteiger partial charge in [0.05, 0.1) is 6.54 Å². The van der Waals surface area contributed by atoms with Gasteiger partial charge in [-0.25, -0.2) is 8.78 Å². The fourth-order valence-corrected chi connectivity index (χ4v) is 1.05. The highest BCUT2D eigenvalue weighted by Crippen LogP contribution is 2.23. The van der Waals surface area contributed by atoms with Crippen LogP contribution < -0.4 is 5.32 Å². The third-order valence-electron chi connectivity index (χ3n) is 1.85. The van der Waals surface area contributed by atoms with Gasteiger partial charge in [-0.2, -0.15) is 8.78 Å². The van der Waals surface area contributed by atoms with Crippen molar-refractivity contribution in [3.05, 3.63) is 0 Å². The normalized spacial score (nSPS) is 13.2. The molecule has 0 fully saturated rings. The van der Waals surface area contributed by atoms with Gasteiger partial charge in [0.25, 0.3) is 0 Å². The fraction of sp³-hybridized carbons (Fsp3) is 1.00. The summed E-state index contributed by atoms with van der Waals surface area (Å²) in [6.45, 7) is 3.76. The van der Waals surface area contributed by atoms with Gasteiger partial charge in [-0.1, -0.05) is 13.8 Å². The Balaban J connectivity index is 3.78. The van der Waals surface area contributed by atoms with E-state index in [1.807, 2.05) is 13.8 Å². The van der Waals surface area contributed by atoms with Crippen LogP contribution in [0.15, 0.2) is 0 Å². The molecule has 0 aliphatic carbocycles. The Kier molecular flexibility index (Phi) is 6.12. The van der Waals surface area contributed by atoms with Crippen LogP contribution in [-0.2, 0) is 0 Å². The van der Waals surface area contributed by atoms with Crippen molar-refractivity contribution in [2.75, 3.05) is 26.7 Å². The van der Waals surface area contributed by atoms with Gasteiger partial charge in [-0.3, -0.25) is 4.90 Å². The Bertz CT molecular complexity index is 173. The second kappa shape index (κ2) is 6.27. The summed E-state index contributed by atoms with van der Waals surface area (Å²) in [6.07, 6.45) is -3.60. The van der Waals surface area contributed by atoms with Crippen molar-refractivity contribution in [3.8, 4) is 0 Å². The Morgan fingerprint density at radius 1 is 1.27 bits per heavy atom. The van der Waals surface area contributed by atoms with E-state index in [0.29, 0.717) is 13.1 Å².